The smallest absolute Gasteiger partial charge is 0.339 e. The van der Waals surface area contributed by atoms with Crippen LogP contribution in [0.3, 0.4) is 0 Å². The van der Waals surface area contributed by atoms with Crippen molar-refractivity contribution in [1.29, 1.82) is 0 Å². The molecule has 1 aliphatic heterocycles. The molecule has 0 radical (unpaired) electrons. The van der Waals surface area contributed by atoms with Gasteiger partial charge in [-0.25, -0.2) is 0 Å². The predicted octanol–water partition coefficient (Wildman–Crippen LogP) is 5.76. The summed E-state index contributed by atoms with van der Waals surface area (Å²) < 4.78 is 36.8. The first-order chi connectivity index (χ1) is 18.1. The number of hydrogen-bond donors (Lipinski definition) is 0. The average Bonchev–Trinajstić information content (AvgIpc) is 3.14. The molecule has 3 aromatic rings. The van der Waals surface area contributed by atoms with E-state index in [1.54, 1.807) is 31.2 Å². The van der Waals surface area contributed by atoms with Crippen molar-refractivity contribution in [3.8, 4) is 11.5 Å². The van der Waals surface area contributed by atoms with E-state index in [1.165, 1.54) is 48.5 Å². The van der Waals surface area contributed by atoms with Crippen LogP contribution in [0.15, 0.2) is 81.0 Å². The summed E-state index contributed by atoms with van der Waals surface area (Å²) in [5.74, 6) is -0.462. The third-order valence-electron chi connectivity index (χ3n) is 5.22. The Hall–Kier alpha value is -3.68. The Balaban J connectivity index is 1.59. The summed E-state index contributed by atoms with van der Waals surface area (Å²) in [5.41, 5.74) is 0.926. The largest absolute Gasteiger partial charge is 0.490 e. The lowest BCUT2D eigenvalue weighted by atomic mass is 10.1. The average molecular weight is 619 g/mol. The van der Waals surface area contributed by atoms with E-state index in [-0.39, 0.29) is 44.6 Å². The lowest BCUT2D eigenvalue weighted by Gasteiger charge is -2.15. The molecule has 0 saturated carbocycles. The fraction of sp³-hybridized carbons (Fsp3) is 0.120. The maximum atomic E-state index is 13.0. The molecule has 0 unspecified atom stereocenters. The molecule has 0 aromatic heterocycles. The second-order valence-electron chi connectivity index (χ2n) is 7.80. The highest BCUT2D eigenvalue weighted by atomic mass is 79.9. The molecule has 1 heterocycles. The molecule has 1 fully saturated rings. The van der Waals surface area contributed by atoms with Crippen molar-refractivity contribution in [2.24, 2.45) is 0 Å². The summed E-state index contributed by atoms with van der Waals surface area (Å²) in [7, 11) is -4.14. The summed E-state index contributed by atoms with van der Waals surface area (Å²) in [6, 6.07) is 16.3. The molecule has 0 aliphatic carbocycles. The molecule has 1 aliphatic rings. The molecule has 13 heteroatoms. The van der Waals surface area contributed by atoms with Crippen molar-refractivity contribution in [3.05, 3.63) is 97.3 Å². The van der Waals surface area contributed by atoms with Gasteiger partial charge in [-0.3, -0.25) is 24.6 Å². The number of non-ortho nitro benzene ring substituents is 1. The molecule has 0 spiro atoms. The normalized spacial score (nSPS) is 14.7. The Kier molecular flexibility index (Phi) is 8.19. The van der Waals surface area contributed by atoms with Gasteiger partial charge < -0.3 is 8.92 Å². The summed E-state index contributed by atoms with van der Waals surface area (Å²) in [6.45, 7) is 1.89. The van der Waals surface area contributed by atoms with E-state index in [0.717, 1.165) is 16.7 Å². The van der Waals surface area contributed by atoms with Crippen molar-refractivity contribution in [3.63, 3.8) is 0 Å². The molecule has 38 heavy (non-hydrogen) atoms. The van der Waals surface area contributed by atoms with Crippen LogP contribution < -0.4 is 8.92 Å². The first-order valence-corrected chi connectivity index (χ1v) is 14.1. The molecule has 2 amide bonds. The number of hydrogen-bond acceptors (Lipinski definition) is 9. The zero-order chi connectivity index (χ0) is 27.4. The van der Waals surface area contributed by atoms with Gasteiger partial charge in [-0.1, -0.05) is 30.3 Å². The van der Waals surface area contributed by atoms with E-state index in [4.69, 9.17) is 8.92 Å². The number of rotatable bonds is 9. The number of benzene rings is 3. The number of nitro benzene ring substituents is 1. The topological polar surface area (TPSA) is 133 Å². The molecule has 3 aromatic carbocycles. The maximum absolute atomic E-state index is 13.0. The minimum atomic E-state index is -4.14. The van der Waals surface area contributed by atoms with Gasteiger partial charge in [-0.05, 0) is 76.1 Å². The van der Waals surface area contributed by atoms with Crippen molar-refractivity contribution >= 4 is 60.7 Å². The highest BCUT2D eigenvalue weighted by Gasteiger charge is 2.35. The Morgan fingerprint density at radius 1 is 1.08 bits per heavy atom. The lowest BCUT2D eigenvalue weighted by molar-refractivity contribution is -0.384. The van der Waals surface area contributed by atoms with Crippen molar-refractivity contribution in [2.45, 2.75) is 18.4 Å². The van der Waals surface area contributed by atoms with Crippen molar-refractivity contribution < 1.29 is 31.9 Å². The molecule has 0 bridgehead atoms. The van der Waals surface area contributed by atoms with Gasteiger partial charge >= 0.3 is 10.1 Å². The third-order valence-corrected chi connectivity index (χ3v) is 7.95. The minimum Gasteiger partial charge on any atom is -0.490 e. The molecule has 0 N–H and O–H groups in total. The van der Waals surface area contributed by atoms with Crippen LogP contribution in [-0.4, -0.2) is 36.0 Å². The lowest BCUT2D eigenvalue weighted by Crippen LogP contribution is -2.27. The fourth-order valence-corrected chi connectivity index (χ4v) is 5.92. The number of amides is 2. The summed E-state index contributed by atoms with van der Waals surface area (Å²) in [5, 5.41) is 10.4. The molecule has 4 rings (SSSR count). The van der Waals surface area contributed by atoms with Crippen LogP contribution in [0.25, 0.3) is 6.08 Å². The molecule has 1 saturated heterocycles. The standard InChI is InChI=1S/C25H19BrN2O8S2/c1-2-35-21-13-17(12-20(26)23(21)36-38(33,34)19-6-4-3-5-7-19)14-22-24(29)27(25(30)37-22)15-16-8-10-18(11-9-16)28(31)32/h3-14H,2,15H2,1H3/b22-14-. The van der Waals surface area contributed by atoms with Gasteiger partial charge in [0.15, 0.2) is 11.5 Å². The van der Waals surface area contributed by atoms with Crippen LogP contribution in [0.1, 0.15) is 18.1 Å². The first-order valence-electron chi connectivity index (χ1n) is 11.0. The van der Waals surface area contributed by atoms with Crippen LogP contribution in [0.4, 0.5) is 10.5 Å². The second-order valence-corrected chi connectivity index (χ2v) is 11.2. The molecular formula is C25H19BrN2O8S2. The Morgan fingerprint density at radius 2 is 1.76 bits per heavy atom. The molecule has 196 valence electrons. The van der Waals surface area contributed by atoms with Gasteiger partial charge in [0.1, 0.15) is 4.90 Å². The highest BCUT2D eigenvalue weighted by molar-refractivity contribution is 9.10. The van der Waals surface area contributed by atoms with E-state index in [9.17, 15) is 28.1 Å². The van der Waals surface area contributed by atoms with Gasteiger partial charge in [0.25, 0.3) is 16.8 Å². The van der Waals surface area contributed by atoms with Crippen LogP contribution in [-0.2, 0) is 21.5 Å². The summed E-state index contributed by atoms with van der Waals surface area (Å²) >= 11 is 4.07. The highest BCUT2D eigenvalue weighted by Crippen LogP contribution is 2.41. The number of nitro groups is 1. The van der Waals surface area contributed by atoms with Gasteiger partial charge in [-0.15, -0.1) is 0 Å². The third kappa shape index (κ3) is 6.06. The van der Waals surface area contributed by atoms with E-state index in [0.29, 0.717) is 11.1 Å². The number of nitrogens with zero attached hydrogens (tertiary/aromatic N) is 2. The molecular weight excluding hydrogens is 600 g/mol. The molecule has 10 nitrogen and oxygen atoms in total. The quantitative estimate of drug-likeness (QED) is 0.127. The number of imide groups is 1. The first kappa shape index (κ1) is 27.4. The minimum absolute atomic E-state index is 0.0277. The van der Waals surface area contributed by atoms with Gasteiger partial charge in [0, 0.05) is 12.1 Å². The van der Waals surface area contributed by atoms with E-state index >= 15 is 0 Å². The zero-order valence-corrected chi connectivity index (χ0v) is 22.9. The maximum Gasteiger partial charge on any atom is 0.339 e. The van der Waals surface area contributed by atoms with Crippen LogP contribution in [0.2, 0.25) is 0 Å². The van der Waals surface area contributed by atoms with E-state index in [2.05, 4.69) is 15.9 Å². The number of halogens is 1. The van der Waals surface area contributed by atoms with Gasteiger partial charge in [-0.2, -0.15) is 8.42 Å². The number of ether oxygens (including phenoxy) is 1. The monoisotopic (exact) mass is 618 g/mol. The number of thioether (sulfide) groups is 1. The van der Waals surface area contributed by atoms with Gasteiger partial charge in [0.2, 0.25) is 0 Å². The van der Waals surface area contributed by atoms with Gasteiger partial charge in [0.05, 0.1) is 27.5 Å². The predicted molar refractivity (Wildman–Crippen MR) is 144 cm³/mol. The Bertz CT molecular complexity index is 1540. The summed E-state index contributed by atoms with van der Waals surface area (Å²) in [6.07, 6.45) is 1.49. The number of carbonyl (C=O) groups is 2. The SMILES string of the molecule is CCOc1cc(/C=C2\SC(=O)N(Cc3ccc([N+](=O)[O-])cc3)C2=O)cc(Br)c1OS(=O)(=O)c1ccccc1. The Labute approximate surface area is 230 Å². The second kappa shape index (κ2) is 11.4. The summed E-state index contributed by atoms with van der Waals surface area (Å²) in [4.78, 5) is 37.0. The fourth-order valence-electron chi connectivity index (χ4n) is 3.45. The van der Waals surface area contributed by atoms with Crippen LogP contribution in [0, 0.1) is 10.1 Å². The van der Waals surface area contributed by atoms with Crippen molar-refractivity contribution in [2.75, 3.05) is 6.61 Å². The molecule has 0 atom stereocenters. The number of carbonyl (C=O) groups excluding carboxylic acids is 2. The van der Waals surface area contributed by atoms with E-state index in [1.807, 2.05) is 0 Å². The Morgan fingerprint density at radius 3 is 2.39 bits per heavy atom. The van der Waals surface area contributed by atoms with Crippen molar-refractivity contribution in [1.82, 2.24) is 4.90 Å². The van der Waals surface area contributed by atoms with E-state index < -0.39 is 26.2 Å². The zero-order valence-electron chi connectivity index (χ0n) is 19.7. The van der Waals surface area contributed by atoms with Crippen LogP contribution >= 0.6 is 27.7 Å². The van der Waals surface area contributed by atoms with Crippen LogP contribution in [0.5, 0.6) is 11.5 Å².